The number of amides is 2. The minimum absolute atomic E-state index is 0.0706. The van der Waals surface area contributed by atoms with Crippen molar-refractivity contribution < 1.29 is 19.1 Å². The number of hydrogen-bond acceptors (Lipinski definition) is 5. The molecule has 2 saturated heterocycles. The molecule has 2 unspecified atom stereocenters. The van der Waals surface area contributed by atoms with Crippen molar-refractivity contribution in [3.8, 4) is 11.5 Å². The molecule has 2 fully saturated rings. The summed E-state index contributed by atoms with van der Waals surface area (Å²) in [6.45, 7) is 3.31. The average molecular weight is 345 g/mol. The summed E-state index contributed by atoms with van der Waals surface area (Å²) in [6.07, 6.45) is 1.49. The molecule has 2 amide bonds. The molecular weight excluding hydrogens is 322 g/mol. The van der Waals surface area contributed by atoms with Crippen molar-refractivity contribution in [2.75, 3.05) is 44.8 Å². The van der Waals surface area contributed by atoms with Crippen LogP contribution in [0.2, 0.25) is 0 Å². The van der Waals surface area contributed by atoms with E-state index in [-0.39, 0.29) is 17.9 Å². The van der Waals surface area contributed by atoms with Crippen LogP contribution in [0, 0.1) is 5.92 Å². The molecule has 0 spiro atoms. The van der Waals surface area contributed by atoms with Crippen molar-refractivity contribution in [3.05, 3.63) is 18.2 Å². The van der Waals surface area contributed by atoms with E-state index in [2.05, 4.69) is 5.32 Å². The highest BCUT2D eigenvalue weighted by molar-refractivity contribution is 6.09. The molecular formula is C18H23N3O4. The summed E-state index contributed by atoms with van der Waals surface area (Å²) >= 11 is 0. The Kier molecular flexibility index (Phi) is 4.25. The molecule has 25 heavy (non-hydrogen) atoms. The van der Waals surface area contributed by atoms with Crippen molar-refractivity contribution in [2.45, 2.75) is 18.9 Å². The summed E-state index contributed by atoms with van der Waals surface area (Å²) in [7, 11) is 1.81. The van der Waals surface area contributed by atoms with Crippen LogP contribution >= 0.6 is 0 Å². The zero-order valence-corrected chi connectivity index (χ0v) is 14.4. The Labute approximate surface area is 146 Å². The second-order valence-electron chi connectivity index (χ2n) is 6.75. The van der Waals surface area contributed by atoms with E-state index in [1.165, 1.54) is 0 Å². The highest BCUT2D eigenvalue weighted by atomic mass is 16.6. The molecule has 134 valence electrons. The summed E-state index contributed by atoms with van der Waals surface area (Å²) in [6, 6.07) is 5.68. The molecule has 1 aromatic rings. The number of rotatable bonds is 3. The van der Waals surface area contributed by atoms with Crippen molar-refractivity contribution in [3.63, 3.8) is 0 Å². The number of benzene rings is 1. The number of carbonyl (C=O) groups is 2. The molecule has 0 aromatic heterocycles. The maximum absolute atomic E-state index is 12.8. The maximum Gasteiger partial charge on any atom is 0.239 e. The number of ether oxygens (including phenoxy) is 2. The lowest BCUT2D eigenvalue weighted by molar-refractivity contribution is -0.140. The van der Waals surface area contributed by atoms with Crippen LogP contribution in [0.3, 0.4) is 0 Å². The number of nitrogens with one attached hydrogen (secondary N) is 1. The third-order valence-electron chi connectivity index (χ3n) is 5.27. The van der Waals surface area contributed by atoms with Gasteiger partial charge < -0.3 is 24.6 Å². The molecule has 0 saturated carbocycles. The largest absolute Gasteiger partial charge is 0.486 e. The van der Waals surface area contributed by atoms with Gasteiger partial charge in [0, 0.05) is 37.9 Å². The lowest BCUT2D eigenvalue weighted by Gasteiger charge is -2.26. The smallest absolute Gasteiger partial charge is 0.239 e. The molecule has 7 nitrogen and oxygen atoms in total. The van der Waals surface area contributed by atoms with E-state index < -0.39 is 5.92 Å². The Bertz CT molecular complexity index is 687. The first-order valence-corrected chi connectivity index (χ1v) is 8.83. The normalized spacial score (nSPS) is 25.3. The van der Waals surface area contributed by atoms with Crippen LogP contribution in [-0.2, 0) is 9.59 Å². The topological polar surface area (TPSA) is 71.1 Å². The molecule has 4 rings (SSSR count). The van der Waals surface area contributed by atoms with Crippen LogP contribution in [0.25, 0.3) is 0 Å². The third kappa shape index (κ3) is 2.93. The molecule has 7 heteroatoms. The Hall–Kier alpha value is -2.28. The summed E-state index contributed by atoms with van der Waals surface area (Å²) in [5.74, 6) is 0.570. The zero-order valence-electron chi connectivity index (χ0n) is 14.4. The van der Waals surface area contributed by atoms with Gasteiger partial charge in [0.05, 0.1) is 0 Å². The monoisotopic (exact) mass is 345 g/mol. The summed E-state index contributed by atoms with van der Waals surface area (Å²) in [5.41, 5.74) is 0.759. The van der Waals surface area contributed by atoms with Gasteiger partial charge in [0.25, 0.3) is 0 Å². The van der Waals surface area contributed by atoms with E-state index >= 15 is 0 Å². The van der Waals surface area contributed by atoms with Gasteiger partial charge in [-0.25, -0.2) is 0 Å². The molecule has 1 aromatic carbocycles. The van der Waals surface area contributed by atoms with Crippen molar-refractivity contribution in [2.24, 2.45) is 5.92 Å². The van der Waals surface area contributed by atoms with Crippen LogP contribution in [0.4, 0.5) is 5.69 Å². The standard InChI is InChI=1S/C18H23N3O4/c1-20(13-4-6-19-11-13)17(22)14-5-7-21(18(14)23)12-2-3-15-16(10-12)25-9-8-24-15/h2-3,10,13-14,19H,4-9,11H2,1H3. The summed E-state index contributed by atoms with van der Waals surface area (Å²) < 4.78 is 11.1. The fourth-order valence-corrected chi connectivity index (χ4v) is 3.76. The minimum Gasteiger partial charge on any atom is -0.486 e. The molecule has 0 radical (unpaired) electrons. The fraction of sp³-hybridized carbons (Fsp3) is 0.556. The Morgan fingerprint density at radius 2 is 2.04 bits per heavy atom. The van der Waals surface area contributed by atoms with Gasteiger partial charge in [-0.1, -0.05) is 0 Å². The molecule has 3 heterocycles. The molecule has 3 aliphatic heterocycles. The molecule has 2 atom stereocenters. The van der Waals surface area contributed by atoms with Crippen molar-refractivity contribution >= 4 is 17.5 Å². The van der Waals surface area contributed by atoms with E-state index in [1.54, 1.807) is 16.8 Å². The first-order valence-electron chi connectivity index (χ1n) is 8.83. The van der Waals surface area contributed by atoms with Gasteiger partial charge in [0.15, 0.2) is 11.5 Å². The van der Waals surface area contributed by atoms with Gasteiger partial charge in [0.1, 0.15) is 19.1 Å². The lowest BCUT2D eigenvalue weighted by Crippen LogP contribution is -2.44. The van der Waals surface area contributed by atoms with Crippen LogP contribution in [-0.4, -0.2) is 62.7 Å². The van der Waals surface area contributed by atoms with E-state index in [9.17, 15) is 9.59 Å². The van der Waals surface area contributed by atoms with Gasteiger partial charge in [0.2, 0.25) is 11.8 Å². The summed E-state index contributed by atoms with van der Waals surface area (Å²) in [5, 5.41) is 3.26. The van der Waals surface area contributed by atoms with E-state index in [0.29, 0.717) is 37.7 Å². The third-order valence-corrected chi connectivity index (χ3v) is 5.27. The van der Waals surface area contributed by atoms with Crippen LogP contribution in [0.5, 0.6) is 11.5 Å². The van der Waals surface area contributed by atoms with Gasteiger partial charge >= 0.3 is 0 Å². The van der Waals surface area contributed by atoms with E-state index in [4.69, 9.17) is 9.47 Å². The van der Waals surface area contributed by atoms with E-state index in [0.717, 1.165) is 25.2 Å². The second-order valence-corrected chi connectivity index (χ2v) is 6.75. The Morgan fingerprint density at radius 3 is 2.80 bits per heavy atom. The van der Waals surface area contributed by atoms with Crippen LogP contribution in [0.1, 0.15) is 12.8 Å². The predicted molar refractivity (Wildman–Crippen MR) is 91.9 cm³/mol. The Morgan fingerprint density at radius 1 is 1.24 bits per heavy atom. The number of anilines is 1. The minimum atomic E-state index is -0.584. The molecule has 0 bridgehead atoms. The van der Waals surface area contributed by atoms with Gasteiger partial charge in [-0.2, -0.15) is 0 Å². The van der Waals surface area contributed by atoms with Crippen molar-refractivity contribution in [1.29, 1.82) is 0 Å². The fourth-order valence-electron chi connectivity index (χ4n) is 3.76. The molecule has 1 N–H and O–H groups in total. The van der Waals surface area contributed by atoms with Crippen LogP contribution < -0.4 is 19.7 Å². The number of fused-ring (bicyclic) bond motifs is 1. The average Bonchev–Trinajstić information content (AvgIpc) is 3.30. The quantitative estimate of drug-likeness (QED) is 0.814. The van der Waals surface area contributed by atoms with Gasteiger partial charge in [-0.05, 0) is 31.5 Å². The molecule has 3 aliphatic rings. The first-order chi connectivity index (χ1) is 12.1. The number of carbonyl (C=O) groups excluding carboxylic acids is 2. The number of hydrogen-bond donors (Lipinski definition) is 1. The first kappa shape index (κ1) is 16.2. The number of likely N-dealkylation sites (N-methyl/N-ethyl adjacent to an activating group) is 1. The van der Waals surface area contributed by atoms with Crippen LogP contribution in [0.15, 0.2) is 18.2 Å². The second kappa shape index (κ2) is 6.55. The maximum atomic E-state index is 12.8. The highest BCUT2D eigenvalue weighted by Crippen LogP contribution is 2.36. The lowest BCUT2D eigenvalue weighted by atomic mass is 10.1. The van der Waals surface area contributed by atoms with Crippen molar-refractivity contribution in [1.82, 2.24) is 10.2 Å². The summed E-state index contributed by atoms with van der Waals surface area (Å²) in [4.78, 5) is 29.0. The molecule has 0 aliphatic carbocycles. The Balaban J connectivity index is 1.48. The predicted octanol–water partition coefficient (Wildman–Crippen LogP) is 0.631. The van der Waals surface area contributed by atoms with Gasteiger partial charge in [-0.3, -0.25) is 9.59 Å². The number of nitrogens with zero attached hydrogens (tertiary/aromatic N) is 2. The zero-order chi connectivity index (χ0) is 17.4. The highest BCUT2D eigenvalue weighted by Gasteiger charge is 2.40. The van der Waals surface area contributed by atoms with Gasteiger partial charge in [-0.15, -0.1) is 0 Å². The van der Waals surface area contributed by atoms with E-state index in [1.807, 2.05) is 18.2 Å². The SMILES string of the molecule is CN(C(=O)C1CCN(c2ccc3c(c2)OCCO3)C1=O)C1CCNC1.